The third kappa shape index (κ3) is 5.59. The zero-order chi connectivity index (χ0) is 14.1. The molecule has 0 spiro atoms. The first-order valence-corrected chi connectivity index (χ1v) is 6.78. The Morgan fingerprint density at radius 2 is 2.26 bits per heavy atom. The summed E-state index contributed by atoms with van der Waals surface area (Å²) in [4.78, 5) is 4.01. The van der Waals surface area contributed by atoms with Gasteiger partial charge in [0.1, 0.15) is 11.4 Å². The minimum atomic E-state index is -0.0129. The monoisotopic (exact) mass is 265 g/mol. The number of nitrogens with two attached hydrogens (primary N) is 1. The van der Waals surface area contributed by atoms with Crippen LogP contribution in [0.4, 0.5) is 0 Å². The average Bonchev–Trinajstić information content (AvgIpc) is 2.43. The van der Waals surface area contributed by atoms with E-state index in [2.05, 4.69) is 24.0 Å². The van der Waals surface area contributed by atoms with Crippen LogP contribution in [0, 0.1) is 0 Å². The van der Waals surface area contributed by atoms with Gasteiger partial charge in [-0.15, -0.1) is 0 Å². The Morgan fingerprint density at radius 3 is 2.95 bits per heavy atom. The molecule has 0 aliphatic rings. The molecule has 1 heterocycles. The molecule has 0 saturated heterocycles. The minimum Gasteiger partial charge on any atom is -0.491 e. The molecule has 19 heavy (non-hydrogen) atoms. The van der Waals surface area contributed by atoms with Gasteiger partial charge in [0.05, 0.1) is 6.10 Å². The molecule has 1 atom stereocenters. The van der Waals surface area contributed by atoms with Crippen molar-refractivity contribution in [2.45, 2.75) is 52.1 Å². The third-order valence-electron chi connectivity index (χ3n) is 2.90. The Morgan fingerprint density at radius 1 is 1.47 bits per heavy atom. The molecule has 0 fully saturated rings. The smallest absolute Gasteiger partial charge is 0.188 e. The number of nitrogens with zero attached hydrogens (tertiary/aromatic N) is 2. The zero-order valence-electron chi connectivity index (χ0n) is 11.7. The van der Waals surface area contributed by atoms with Crippen molar-refractivity contribution in [1.29, 1.82) is 0 Å². The van der Waals surface area contributed by atoms with E-state index in [9.17, 15) is 0 Å². The lowest BCUT2D eigenvalue weighted by atomic mass is 10.1. The van der Waals surface area contributed by atoms with Gasteiger partial charge in [0.15, 0.2) is 5.84 Å². The molecule has 106 valence electrons. The van der Waals surface area contributed by atoms with Crippen LogP contribution in [0.1, 0.15) is 51.6 Å². The van der Waals surface area contributed by atoms with Gasteiger partial charge >= 0.3 is 0 Å². The lowest BCUT2D eigenvalue weighted by Gasteiger charge is -2.14. The van der Waals surface area contributed by atoms with Crippen molar-refractivity contribution < 1.29 is 9.94 Å². The normalized spacial score (nSPS) is 13.3. The van der Waals surface area contributed by atoms with Crippen LogP contribution in [0.3, 0.4) is 0 Å². The van der Waals surface area contributed by atoms with Gasteiger partial charge in [0.25, 0.3) is 0 Å². The number of hydrogen-bond donors (Lipinski definition) is 2. The maximum atomic E-state index is 8.61. The van der Waals surface area contributed by atoms with Crippen molar-refractivity contribution >= 4 is 5.84 Å². The summed E-state index contributed by atoms with van der Waals surface area (Å²) >= 11 is 0. The fourth-order valence-corrected chi connectivity index (χ4v) is 1.83. The first kappa shape index (κ1) is 15.3. The Kier molecular flexibility index (Phi) is 6.71. The second-order valence-electron chi connectivity index (χ2n) is 4.64. The van der Waals surface area contributed by atoms with E-state index in [1.54, 1.807) is 18.3 Å². The van der Waals surface area contributed by atoms with Gasteiger partial charge in [0, 0.05) is 12.3 Å². The summed E-state index contributed by atoms with van der Waals surface area (Å²) in [6.45, 7) is 4.25. The van der Waals surface area contributed by atoms with E-state index < -0.39 is 0 Å². The van der Waals surface area contributed by atoms with E-state index in [0.29, 0.717) is 11.4 Å². The number of oxime groups is 1. The summed E-state index contributed by atoms with van der Waals surface area (Å²) in [7, 11) is 0. The molecule has 3 N–H and O–H groups in total. The second kappa shape index (κ2) is 8.34. The number of ether oxygens (including phenoxy) is 1. The fourth-order valence-electron chi connectivity index (χ4n) is 1.83. The summed E-state index contributed by atoms with van der Waals surface area (Å²) in [5.74, 6) is 0.681. The number of unbranched alkanes of at least 4 members (excludes halogenated alkanes) is 3. The highest BCUT2D eigenvalue weighted by Gasteiger charge is 2.07. The fraction of sp³-hybridized carbons (Fsp3) is 0.571. The molecular weight excluding hydrogens is 242 g/mol. The first-order chi connectivity index (χ1) is 9.17. The summed E-state index contributed by atoms with van der Waals surface area (Å²) < 4.78 is 5.80. The van der Waals surface area contributed by atoms with Crippen LogP contribution in [0.15, 0.2) is 23.5 Å². The summed E-state index contributed by atoms with van der Waals surface area (Å²) in [5.41, 5.74) is 5.90. The Balaban J connectivity index is 2.48. The molecule has 0 aliphatic carbocycles. The van der Waals surface area contributed by atoms with E-state index in [4.69, 9.17) is 15.7 Å². The van der Waals surface area contributed by atoms with E-state index in [1.807, 2.05) is 0 Å². The topological polar surface area (TPSA) is 80.7 Å². The Hall–Kier alpha value is -1.78. The number of aromatic nitrogens is 1. The Bertz CT molecular complexity index is 407. The van der Waals surface area contributed by atoms with Gasteiger partial charge in [-0.25, -0.2) is 0 Å². The molecule has 1 aromatic rings. The second-order valence-corrected chi connectivity index (χ2v) is 4.64. The van der Waals surface area contributed by atoms with Crippen molar-refractivity contribution in [2.24, 2.45) is 10.9 Å². The first-order valence-electron chi connectivity index (χ1n) is 6.78. The van der Waals surface area contributed by atoms with Gasteiger partial charge in [0.2, 0.25) is 0 Å². The molecule has 5 heteroatoms. The molecule has 1 unspecified atom stereocenters. The highest BCUT2D eigenvalue weighted by Crippen LogP contribution is 2.15. The van der Waals surface area contributed by atoms with Gasteiger partial charge < -0.3 is 15.7 Å². The van der Waals surface area contributed by atoms with Crippen molar-refractivity contribution in [1.82, 2.24) is 4.98 Å². The van der Waals surface area contributed by atoms with Crippen LogP contribution in [0.2, 0.25) is 0 Å². The predicted octanol–water partition coefficient (Wildman–Crippen LogP) is 2.91. The maximum Gasteiger partial charge on any atom is 0.188 e. The predicted molar refractivity (Wildman–Crippen MR) is 75.6 cm³/mol. The highest BCUT2D eigenvalue weighted by atomic mass is 16.5. The molecular formula is C14H23N3O2. The number of pyridine rings is 1. The molecule has 5 nitrogen and oxygen atoms in total. The highest BCUT2D eigenvalue weighted by molar-refractivity contribution is 5.95. The summed E-state index contributed by atoms with van der Waals surface area (Å²) in [6, 6.07) is 3.45. The lowest BCUT2D eigenvalue weighted by molar-refractivity contribution is 0.206. The quantitative estimate of drug-likeness (QED) is 0.249. The van der Waals surface area contributed by atoms with Crippen molar-refractivity contribution in [3.8, 4) is 5.75 Å². The van der Waals surface area contributed by atoms with Crippen molar-refractivity contribution in [2.75, 3.05) is 0 Å². The Labute approximate surface area is 114 Å². The largest absolute Gasteiger partial charge is 0.491 e. The maximum absolute atomic E-state index is 8.61. The molecule has 0 bridgehead atoms. The van der Waals surface area contributed by atoms with Crippen LogP contribution >= 0.6 is 0 Å². The number of amidine groups is 1. The van der Waals surface area contributed by atoms with E-state index >= 15 is 0 Å². The van der Waals surface area contributed by atoms with Gasteiger partial charge in [-0.1, -0.05) is 31.3 Å². The zero-order valence-corrected chi connectivity index (χ0v) is 11.7. The van der Waals surface area contributed by atoms with E-state index in [1.165, 1.54) is 25.7 Å². The minimum absolute atomic E-state index is 0.0129. The van der Waals surface area contributed by atoms with Gasteiger partial charge in [-0.2, -0.15) is 0 Å². The third-order valence-corrected chi connectivity index (χ3v) is 2.90. The molecule has 0 radical (unpaired) electrons. The molecule has 1 rings (SSSR count). The number of hydrogen-bond acceptors (Lipinski definition) is 4. The standard InChI is InChI=1S/C14H23N3O2/c1-3-4-5-6-7-11(2)19-12-8-9-16-13(10-12)14(15)17-18/h8-11,18H,3-7H2,1-2H3,(H2,15,17). The van der Waals surface area contributed by atoms with Gasteiger partial charge in [-0.05, 0) is 25.8 Å². The molecule has 1 aromatic heterocycles. The lowest BCUT2D eigenvalue weighted by Crippen LogP contribution is -2.16. The SMILES string of the molecule is CCCCCCC(C)Oc1ccnc(C(N)=NO)c1. The summed E-state index contributed by atoms with van der Waals surface area (Å²) in [5, 5.41) is 11.5. The van der Waals surface area contributed by atoms with E-state index in [0.717, 1.165) is 6.42 Å². The van der Waals surface area contributed by atoms with Crippen LogP contribution in [0.5, 0.6) is 5.75 Å². The molecule has 0 saturated carbocycles. The van der Waals surface area contributed by atoms with Crippen molar-refractivity contribution in [3.05, 3.63) is 24.0 Å². The molecule has 0 aromatic carbocycles. The van der Waals surface area contributed by atoms with Crippen LogP contribution in [-0.4, -0.2) is 22.1 Å². The van der Waals surface area contributed by atoms with Crippen LogP contribution in [-0.2, 0) is 0 Å². The summed E-state index contributed by atoms with van der Waals surface area (Å²) in [6.07, 6.45) is 7.70. The van der Waals surface area contributed by atoms with Crippen molar-refractivity contribution in [3.63, 3.8) is 0 Å². The number of rotatable bonds is 8. The van der Waals surface area contributed by atoms with Crippen LogP contribution in [0.25, 0.3) is 0 Å². The molecule has 0 aliphatic heterocycles. The molecule has 0 amide bonds. The van der Waals surface area contributed by atoms with Crippen LogP contribution < -0.4 is 10.5 Å². The van der Waals surface area contributed by atoms with E-state index in [-0.39, 0.29) is 11.9 Å². The van der Waals surface area contributed by atoms with Gasteiger partial charge in [-0.3, -0.25) is 4.98 Å². The average molecular weight is 265 g/mol.